The van der Waals surface area contributed by atoms with E-state index in [1.54, 1.807) is 0 Å². The minimum atomic E-state index is -0.129. The van der Waals surface area contributed by atoms with Crippen LogP contribution in [0.3, 0.4) is 0 Å². The van der Waals surface area contributed by atoms with Crippen LogP contribution in [0.5, 0.6) is 0 Å². The number of hydrogen-bond acceptors (Lipinski definition) is 2. The van der Waals surface area contributed by atoms with Crippen molar-refractivity contribution < 1.29 is 5.11 Å². The van der Waals surface area contributed by atoms with Crippen molar-refractivity contribution in [3.8, 4) is 0 Å². The van der Waals surface area contributed by atoms with Crippen molar-refractivity contribution in [2.24, 2.45) is 17.6 Å². The van der Waals surface area contributed by atoms with Gasteiger partial charge < -0.3 is 10.8 Å². The summed E-state index contributed by atoms with van der Waals surface area (Å²) >= 11 is 0. The molecular formula is C11H23NO. The summed E-state index contributed by atoms with van der Waals surface area (Å²) in [5, 5.41) is 9.72. The van der Waals surface area contributed by atoms with Crippen LogP contribution in [0.25, 0.3) is 0 Å². The first-order valence-electron chi connectivity index (χ1n) is 5.64. The molecule has 1 rings (SSSR count). The second kappa shape index (κ2) is 4.97. The number of rotatable bonds is 4. The van der Waals surface area contributed by atoms with Gasteiger partial charge in [0, 0.05) is 12.0 Å². The van der Waals surface area contributed by atoms with Crippen molar-refractivity contribution >= 4 is 0 Å². The van der Waals surface area contributed by atoms with E-state index in [2.05, 4.69) is 13.8 Å². The molecule has 3 unspecified atom stereocenters. The Hall–Kier alpha value is -0.0800. The van der Waals surface area contributed by atoms with Crippen LogP contribution in [0.2, 0.25) is 0 Å². The highest BCUT2D eigenvalue weighted by Crippen LogP contribution is 2.31. The molecule has 1 saturated carbocycles. The van der Waals surface area contributed by atoms with Gasteiger partial charge in [-0.3, -0.25) is 0 Å². The van der Waals surface area contributed by atoms with Crippen molar-refractivity contribution in [3.63, 3.8) is 0 Å². The number of aliphatic hydroxyl groups excluding tert-OH is 1. The van der Waals surface area contributed by atoms with Crippen LogP contribution < -0.4 is 5.73 Å². The zero-order valence-electron chi connectivity index (χ0n) is 8.87. The lowest BCUT2D eigenvalue weighted by molar-refractivity contribution is 0.102. The first-order valence-corrected chi connectivity index (χ1v) is 5.64. The van der Waals surface area contributed by atoms with Gasteiger partial charge in [-0.05, 0) is 18.8 Å². The lowest BCUT2D eigenvalue weighted by Gasteiger charge is -2.28. The third kappa shape index (κ3) is 2.44. The summed E-state index contributed by atoms with van der Waals surface area (Å²) in [5.74, 6) is 0.961. The average molecular weight is 185 g/mol. The molecular weight excluding hydrogens is 162 g/mol. The Kier molecular flexibility index (Phi) is 4.20. The van der Waals surface area contributed by atoms with E-state index in [0.717, 1.165) is 32.1 Å². The lowest BCUT2D eigenvalue weighted by Crippen LogP contribution is -2.40. The SMILES string of the molecule is CCC(CC)C(N)C1CCCC1O. The normalized spacial score (nSPS) is 31.2. The second-order valence-corrected chi connectivity index (χ2v) is 4.32. The fraction of sp³-hybridized carbons (Fsp3) is 1.00. The van der Waals surface area contributed by atoms with Crippen LogP contribution in [0.15, 0.2) is 0 Å². The highest BCUT2D eigenvalue weighted by Gasteiger charge is 2.33. The van der Waals surface area contributed by atoms with E-state index in [4.69, 9.17) is 5.73 Å². The zero-order valence-corrected chi connectivity index (χ0v) is 8.87. The van der Waals surface area contributed by atoms with Gasteiger partial charge in [0.05, 0.1) is 6.10 Å². The van der Waals surface area contributed by atoms with Crippen LogP contribution in [-0.2, 0) is 0 Å². The van der Waals surface area contributed by atoms with Crippen LogP contribution in [0.4, 0.5) is 0 Å². The molecule has 13 heavy (non-hydrogen) atoms. The Morgan fingerprint density at radius 1 is 1.31 bits per heavy atom. The molecule has 0 amide bonds. The molecule has 0 heterocycles. The van der Waals surface area contributed by atoms with Gasteiger partial charge in [0.1, 0.15) is 0 Å². The van der Waals surface area contributed by atoms with Crippen LogP contribution in [0, 0.1) is 11.8 Å². The molecule has 0 saturated heterocycles. The van der Waals surface area contributed by atoms with E-state index in [9.17, 15) is 5.11 Å². The lowest BCUT2D eigenvalue weighted by atomic mass is 9.83. The smallest absolute Gasteiger partial charge is 0.0583 e. The summed E-state index contributed by atoms with van der Waals surface area (Å²) in [6.45, 7) is 4.38. The van der Waals surface area contributed by atoms with Gasteiger partial charge in [-0.25, -0.2) is 0 Å². The Bertz CT molecular complexity index is 145. The standard InChI is InChI=1S/C11H23NO/c1-3-8(4-2)11(12)9-6-5-7-10(9)13/h8-11,13H,3-7,12H2,1-2H3. The molecule has 2 heteroatoms. The van der Waals surface area contributed by atoms with Gasteiger partial charge in [-0.2, -0.15) is 0 Å². The molecule has 3 N–H and O–H groups in total. The first-order chi connectivity index (χ1) is 6.20. The topological polar surface area (TPSA) is 46.2 Å². The summed E-state index contributed by atoms with van der Waals surface area (Å²) in [7, 11) is 0. The van der Waals surface area contributed by atoms with Crippen molar-refractivity contribution in [2.75, 3.05) is 0 Å². The maximum absolute atomic E-state index is 9.72. The van der Waals surface area contributed by atoms with E-state index in [1.807, 2.05) is 0 Å². The van der Waals surface area contributed by atoms with Crippen LogP contribution in [-0.4, -0.2) is 17.3 Å². The third-order valence-electron chi connectivity index (χ3n) is 3.62. The molecule has 1 aliphatic carbocycles. The minimum Gasteiger partial charge on any atom is -0.393 e. The number of aliphatic hydroxyl groups is 1. The summed E-state index contributed by atoms with van der Waals surface area (Å²) in [6.07, 6.45) is 5.38. The molecule has 2 nitrogen and oxygen atoms in total. The largest absolute Gasteiger partial charge is 0.393 e. The van der Waals surface area contributed by atoms with Gasteiger partial charge >= 0.3 is 0 Å². The number of hydrogen-bond donors (Lipinski definition) is 2. The number of nitrogens with two attached hydrogens (primary N) is 1. The predicted octanol–water partition coefficient (Wildman–Crippen LogP) is 1.91. The highest BCUT2D eigenvalue weighted by molar-refractivity contribution is 4.87. The summed E-state index contributed by atoms with van der Waals surface area (Å²) < 4.78 is 0. The van der Waals surface area contributed by atoms with Crippen molar-refractivity contribution in [3.05, 3.63) is 0 Å². The Balaban J connectivity index is 2.49. The average Bonchev–Trinajstić information content (AvgIpc) is 2.53. The Morgan fingerprint density at radius 3 is 2.31 bits per heavy atom. The Morgan fingerprint density at radius 2 is 1.92 bits per heavy atom. The van der Waals surface area contributed by atoms with Crippen LogP contribution >= 0.6 is 0 Å². The molecule has 0 bridgehead atoms. The predicted molar refractivity (Wildman–Crippen MR) is 55.4 cm³/mol. The van der Waals surface area contributed by atoms with Gasteiger partial charge in [-0.1, -0.05) is 33.1 Å². The third-order valence-corrected chi connectivity index (χ3v) is 3.62. The minimum absolute atomic E-state index is 0.129. The van der Waals surface area contributed by atoms with E-state index in [-0.39, 0.29) is 12.1 Å². The van der Waals surface area contributed by atoms with Gasteiger partial charge in [0.2, 0.25) is 0 Å². The monoisotopic (exact) mass is 185 g/mol. The first kappa shape index (κ1) is 11.0. The molecule has 3 atom stereocenters. The van der Waals surface area contributed by atoms with Crippen molar-refractivity contribution in [2.45, 2.75) is 58.1 Å². The molecule has 78 valence electrons. The quantitative estimate of drug-likeness (QED) is 0.703. The fourth-order valence-electron chi connectivity index (χ4n) is 2.60. The van der Waals surface area contributed by atoms with E-state index in [0.29, 0.717) is 11.8 Å². The molecule has 1 fully saturated rings. The summed E-state index contributed by atoms with van der Waals surface area (Å²) in [4.78, 5) is 0. The molecule has 0 aromatic carbocycles. The molecule has 1 aliphatic rings. The molecule has 0 radical (unpaired) electrons. The highest BCUT2D eigenvalue weighted by atomic mass is 16.3. The van der Waals surface area contributed by atoms with E-state index >= 15 is 0 Å². The van der Waals surface area contributed by atoms with E-state index < -0.39 is 0 Å². The molecule has 0 aromatic rings. The van der Waals surface area contributed by atoms with Gasteiger partial charge in [0.15, 0.2) is 0 Å². The van der Waals surface area contributed by atoms with Gasteiger partial charge in [0.25, 0.3) is 0 Å². The maximum Gasteiger partial charge on any atom is 0.0583 e. The molecule has 0 aliphatic heterocycles. The molecule has 0 aromatic heterocycles. The summed E-state index contributed by atoms with van der Waals surface area (Å²) in [6, 6.07) is 0.215. The summed E-state index contributed by atoms with van der Waals surface area (Å²) in [5.41, 5.74) is 6.17. The molecule has 0 spiro atoms. The van der Waals surface area contributed by atoms with Crippen molar-refractivity contribution in [1.82, 2.24) is 0 Å². The van der Waals surface area contributed by atoms with Crippen molar-refractivity contribution in [1.29, 1.82) is 0 Å². The van der Waals surface area contributed by atoms with Gasteiger partial charge in [-0.15, -0.1) is 0 Å². The Labute approximate surface area is 81.5 Å². The van der Waals surface area contributed by atoms with E-state index in [1.165, 1.54) is 0 Å². The van der Waals surface area contributed by atoms with Crippen LogP contribution in [0.1, 0.15) is 46.0 Å². The maximum atomic E-state index is 9.72. The zero-order chi connectivity index (χ0) is 9.84. The second-order valence-electron chi connectivity index (χ2n) is 4.32. The fourth-order valence-corrected chi connectivity index (χ4v) is 2.60.